The summed E-state index contributed by atoms with van der Waals surface area (Å²) >= 11 is 1.52. The summed E-state index contributed by atoms with van der Waals surface area (Å²) in [4.78, 5) is 16.0. The van der Waals surface area contributed by atoms with Gasteiger partial charge in [0.25, 0.3) is 0 Å². The number of hydrogen-bond acceptors (Lipinski definition) is 4. The third kappa shape index (κ3) is 2.84. The van der Waals surface area contributed by atoms with E-state index in [1.54, 1.807) is 0 Å². The van der Waals surface area contributed by atoms with Gasteiger partial charge in [-0.2, -0.15) is 0 Å². The molecule has 1 fully saturated rings. The first-order valence-electron chi connectivity index (χ1n) is 5.90. The Kier molecular flexibility index (Phi) is 3.98. The highest BCUT2D eigenvalue weighted by atomic mass is 32.2. The van der Waals surface area contributed by atoms with E-state index in [-0.39, 0.29) is 5.25 Å². The molecule has 0 amide bonds. The molecule has 16 heavy (non-hydrogen) atoms. The zero-order valence-electron chi connectivity index (χ0n) is 9.53. The van der Waals surface area contributed by atoms with Crippen molar-refractivity contribution in [1.82, 2.24) is 15.2 Å². The molecular weight excluding hydrogens is 222 g/mol. The molecule has 1 heterocycles. The highest BCUT2D eigenvalue weighted by molar-refractivity contribution is 8.00. The summed E-state index contributed by atoms with van der Waals surface area (Å²) in [6.07, 6.45) is 5.87. The van der Waals surface area contributed by atoms with Gasteiger partial charge in [-0.25, -0.2) is 4.98 Å². The van der Waals surface area contributed by atoms with Gasteiger partial charge in [0.1, 0.15) is 11.6 Å². The highest BCUT2D eigenvalue weighted by Gasteiger charge is 2.24. The number of carbonyl (C=O) groups is 1. The molecule has 0 spiro atoms. The first-order valence-corrected chi connectivity index (χ1v) is 6.78. The zero-order valence-corrected chi connectivity index (χ0v) is 10.3. The standard InChI is InChI=1S/C11H17N3OS/c1-2-5-10-12-11(14-13-10)16-9-7-4-3-6-8(9)15/h9H,2-7H2,1H3,(H,12,13,14). The zero-order chi connectivity index (χ0) is 11.4. The quantitative estimate of drug-likeness (QED) is 0.876. The molecule has 1 atom stereocenters. The predicted molar refractivity (Wildman–Crippen MR) is 63.5 cm³/mol. The van der Waals surface area contributed by atoms with E-state index in [1.165, 1.54) is 11.8 Å². The lowest BCUT2D eigenvalue weighted by atomic mass is 9.99. The van der Waals surface area contributed by atoms with Crippen LogP contribution in [0.3, 0.4) is 0 Å². The maximum Gasteiger partial charge on any atom is 0.209 e. The molecule has 2 rings (SSSR count). The Morgan fingerprint density at radius 2 is 2.38 bits per heavy atom. The smallest absolute Gasteiger partial charge is 0.209 e. The van der Waals surface area contributed by atoms with E-state index in [2.05, 4.69) is 22.1 Å². The summed E-state index contributed by atoms with van der Waals surface area (Å²) in [6.45, 7) is 2.11. The summed E-state index contributed by atoms with van der Waals surface area (Å²) in [5.41, 5.74) is 0. The Bertz CT molecular complexity index is 364. The second-order valence-electron chi connectivity index (χ2n) is 4.13. The molecular formula is C11H17N3OS. The van der Waals surface area contributed by atoms with Crippen LogP contribution in [0, 0.1) is 0 Å². The second-order valence-corrected chi connectivity index (χ2v) is 5.30. The topological polar surface area (TPSA) is 58.6 Å². The van der Waals surface area contributed by atoms with Crippen LogP contribution >= 0.6 is 11.8 Å². The van der Waals surface area contributed by atoms with Crippen molar-refractivity contribution in [3.8, 4) is 0 Å². The fraction of sp³-hybridized carbons (Fsp3) is 0.727. The molecule has 5 heteroatoms. The molecule has 1 aliphatic rings. The number of aromatic amines is 1. The molecule has 0 aliphatic heterocycles. The average Bonchev–Trinajstić information content (AvgIpc) is 2.70. The molecule has 0 radical (unpaired) electrons. The summed E-state index contributed by atoms with van der Waals surface area (Å²) in [5.74, 6) is 1.28. The number of thioether (sulfide) groups is 1. The minimum absolute atomic E-state index is 0.0824. The van der Waals surface area contributed by atoms with Crippen LogP contribution in [0.1, 0.15) is 44.9 Å². The van der Waals surface area contributed by atoms with E-state index in [0.717, 1.165) is 49.5 Å². The van der Waals surface area contributed by atoms with Crippen LogP contribution in [0.25, 0.3) is 0 Å². The van der Waals surface area contributed by atoms with E-state index in [0.29, 0.717) is 5.78 Å². The number of nitrogens with zero attached hydrogens (tertiary/aromatic N) is 2. The number of ketones is 1. The van der Waals surface area contributed by atoms with Crippen LogP contribution in [-0.2, 0) is 11.2 Å². The number of carbonyl (C=O) groups excluding carboxylic acids is 1. The molecule has 1 aromatic heterocycles. The fourth-order valence-electron chi connectivity index (χ4n) is 1.88. The van der Waals surface area contributed by atoms with E-state index < -0.39 is 0 Å². The van der Waals surface area contributed by atoms with Gasteiger partial charge in [-0.3, -0.25) is 9.89 Å². The van der Waals surface area contributed by atoms with Crippen LogP contribution in [0.2, 0.25) is 0 Å². The lowest BCUT2D eigenvalue weighted by Crippen LogP contribution is -2.21. The number of H-pyrrole nitrogens is 1. The summed E-state index contributed by atoms with van der Waals surface area (Å²) in [6, 6.07) is 0. The van der Waals surface area contributed by atoms with Gasteiger partial charge in [-0.15, -0.1) is 5.10 Å². The van der Waals surface area contributed by atoms with Gasteiger partial charge in [0.15, 0.2) is 0 Å². The maximum absolute atomic E-state index is 11.6. The molecule has 88 valence electrons. The Labute approximate surface area is 99.6 Å². The van der Waals surface area contributed by atoms with Crippen LogP contribution in [0.15, 0.2) is 5.16 Å². The molecule has 1 aromatic rings. The van der Waals surface area contributed by atoms with E-state index in [1.807, 2.05) is 0 Å². The highest BCUT2D eigenvalue weighted by Crippen LogP contribution is 2.29. The molecule has 1 unspecified atom stereocenters. The number of aromatic nitrogens is 3. The van der Waals surface area contributed by atoms with Crippen LogP contribution in [0.4, 0.5) is 0 Å². The largest absolute Gasteiger partial charge is 0.298 e. The summed E-state index contributed by atoms with van der Waals surface area (Å²) in [5, 5.41) is 7.86. The number of rotatable bonds is 4. The van der Waals surface area contributed by atoms with Crippen LogP contribution < -0.4 is 0 Å². The fourth-order valence-corrected chi connectivity index (χ4v) is 2.93. The Morgan fingerprint density at radius 3 is 3.12 bits per heavy atom. The van der Waals surface area contributed by atoms with E-state index >= 15 is 0 Å². The van der Waals surface area contributed by atoms with Gasteiger partial charge in [-0.05, 0) is 19.3 Å². The molecule has 0 bridgehead atoms. The Balaban J connectivity index is 1.94. The number of hydrogen-bond donors (Lipinski definition) is 1. The average molecular weight is 239 g/mol. The minimum atomic E-state index is 0.0824. The van der Waals surface area contributed by atoms with Crippen molar-refractivity contribution < 1.29 is 4.79 Å². The summed E-state index contributed by atoms with van der Waals surface area (Å²) in [7, 11) is 0. The summed E-state index contributed by atoms with van der Waals surface area (Å²) < 4.78 is 0. The number of nitrogens with one attached hydrogen (secondary N) is 1. The molecule has 4 nitrogen and oxygen atoms in total. The number of Topliss-reactive ketones (excluding diaryl/α,β-unsaturated/α-hetero) is 1. The van der Waals surface area contributed by atoms with Gasteiger partial charge in [0.2, 0.25) is 5.16 Å². The van der Waals surface area contributed by atoms with Crippen LogP contribution in [0.5, 0.6) is 0 Å². The van der Waals surface area contributed by atoms with Crippen molar-refractivity contribution >= 4 is 17.5 Å². The van der Waals surface area contributed by atoms with Crippen molar-refractivity contribution in [2.24, 2.45) is 0 Å². The molecule has 0 aromatic carbocycles. The minimum Gasteiger partial charge on any atom is -0.298 e. The van der Waals surface area contributed by atoms with Crippen molar-refractivity contribution in [2.75, 3.05) is 0 Å². The van der Waals surface area contributed by atoms with E-state index in [4.69, 9.17) is 0 Å². The third-order valence-electron chi connectivity index (χ3n) is 2.74. The van der Waals surface area contributed by atoms with Crippen molar-refractivity contribution in [3.05, 3.63) is 5.82 Å². The first-order chi connectivity index (χ1) is 7.79. The van der Waals surface area contributed by atoms with Crippen molar-refractivity contribution in [2.45, 2.75) is 55.9 Å². The molecule has 1 aliphatic carbocycles. The van der Waals surface area contributed by atoms with Gasteiger partial charge in [0, 0.05) is 12.8 Å². The number of aryl methyl sites for hydroxylation is 1. The second kappa shape index (κ2) is 5.48. The SMILES string of the molecule is CCCc1nc(SC2CCCCC2=O)n[nH]1. The lowest BCUT2D eigenvalue weighted by molar-refractivity contribution is -0.119. The molecule has 0 saturated heterocycles. The normalized spacial score (nSPS) is 21.3. The van der Waals surface area contributed by atoms with E-state index in [9.17, 15) is 4.79 Å². The monoisotopic (exact) mass is 239 g/mol. The predicted octanol–water partition coefficient (Wildman–Crippen LogP) is 2.36. The van der Waals surface area contributed by atoms with Crippen LogP contribution in [-0.4, -0.2) is 26.2 Å². The van der Waals surface area contributed by atoms with Crippen molar-refractivity contribution in [1.29, 1.82) is 0 Å². The van der Waals surface area contributed by atoms with Gasteiger partial charge >= 0.3 is 0 Å². The van der Waals surface area contributed by atoms with Gasteiger partial charge < -0.3 is 0 Å². The Hall–Kier alpha value is -0.840. The van der Waals surface area contributed by atoms with Gasteiger partial charge in [0.05, 0.1) is 5.25 Å². The molecule has 1 N–H and O–H groups in total. The van der Waals surface area contributed by atoms with Gasteiger partial charge in [-0.1, -0.05) is 25.1 Å². The first kappa shape index (κ1) is 11.6. The maximum atomic E-state index is 11.6. The van der Waals surface area contributed by atoms with Crippen molar-refractivity contribution in [3.63, 3.8) is 0 Å². The molecule has 1 saturated carbocycles. The lowest BCUT2D eigenvalue weighted by Gasteiger charge is -2.17. The third-order valence-corrected chi connectivity index (χ3v) is 3.92. The Morgan fingerprint density at radius 1 is 1.50 bits per heavy atom.